The van der Waals surface area contributed by atoms with Crippen LogP contribution in [0.1, 0.15) is 18.5 Å². The lowest BCUT2D eigenvalue weighted by molar-refractivity contribution is -0.384. The second-order valence-electron chi connectivity index (χ2n) is 4.51. The summed E-state index contributed by atoms with van der Waals surface area (Å²) in [6, 6.07) is 5.73. The van der Waals surface area contributed by atoms with Gasteiger partial charge in [-0.1, -0.05) is 12.1 Å². The normalized spacial score (nSPS) is 11.6. The molecule has 0 aliphatic heterocycles. The minimum absolute atomic E-state index is 0.0309. The zero-order chi connectivity index (χ0) is 16.0. The molecule has 1 atom stereocenters. The quantitative estimate of drug-likeness (QED) is 0.573. The molecule has 0 saturated heterocycles. The van der Waals surface area contributed by atoms with Crippen molar-refractivity contribution in [2.75, 3.05) is 20.1 Å². The second kappa shape index (κ2) is 7.34. The van der Waals surface area contributed by atoms with Crippen molar-refractivity contribution in [1.82, 2.24) is 10.2 Å². The van der Waals surface area contributed by atoms with Crippen LogP contribution in [0.25, 0.3) is 0 Å². The van der Waals surface area contributed by atoms with Gasteiger partial charge in [0.15, 0.2) is 0 Å². The Morgan fingerprint density at radius 2 is 2.14 bits per heavy atom. The van der Waals surface area contributed by atoms with Crippen molar-refractivity contribution < 1.29 is 14.5 Å². The van der Waals surface area contributed by atoms with Crippen LogP contribution in [0.15, 0.2) is 24.3 Å². The van der Waals surface area contributed by atoms with E-state index in [9.17, 15) is 19.7 Å². The number of rotatable bonds is 6. The maximum absolute atomic E-state index is 11.9. The summed E-state index contributed by atoms with van der Waals surface area (Å²) in [6.45, 7) is 1.41. The van der Waals surface area contributed by atoms with Crippen LogP contribution in [0.4, 0.5) is 5.69 Å². The van der Waals surface area contributed by atoms with Crippen LogP contribution in [-0.2, 0) is 9.59 Å². The first kappa shape index (κ1) is 16.6. The van der Waals surface area contributed by atoms with Crippen molar-refractivity contribution in [1.29, 1.82) is 0 Å². The lowest BCUT2D eigenvalue weighted by Crippen LogP contribution is -2.41. The van der Waals surface area contributed by atoms with E-state index in [2.05, 4.69) is 5.32 Å². The lowest BCUT2D eigenvalue weighted by Gasteiger charge is -2.25. The second-order valence-corrected chi connectivity index (χ2v) is 4.51. The molecule has 0 spiro atoms. The van der Waals surface area contributed by atoms with Gasteiger partial charge in [0, 0.05) is 19.2 Å². The molecule has 1 aromatic rings. The monoisotopic (exact) mass is 294 g/mol. The van der Waals surface area contributed by atoms with Gasteiger partial charge in [-0.15, -0.1) is 0 Å². The first-order chi connectivity index (χ1) is 9.86. The fourth-order valence-corrected chi connectivity index (χ4v) is 1.71. The molecule has 0 radical (unpaired) electrons. The Morgan fingerprint density at radius 1 is 1.48 bits per heavy atom. The van der Waals surface area contributed by atoms with E-state index in [0.717, 1.165) is 0 Å². The van der Waals surface area contributed by atoms with E-state index < -0.39 is 10.8 Å². The standard InChI is InChI=1S/C13H18N4O4/c1-9(10-4-3-5-11(6-10)17(20)21)16(2)13(19)8-15-12(18)7-14/h3-6,9H,7-8,14H2,1-2H3,(H,15,18). The fourth-order valence-electron chi connectivity index (χ4n) is 1.71. The van der Waals surface area contributed by atoms with Crippen molar-refractivity contribution in [3.8, 4) is 0 Å². The van der Waals surface area contributed by atoms with Crippen LogP contribution in [0.2, 0.25) is 0 Å². The molecule has 8 nitrogen and oxygen atoms in total. The molecule has 0 aliphatic carbocycles. The summed E-state index contributed by atoms with van der Waals surface area (Å²) in [6.07, 6.45) is 0. The van der Waals surface area contributed by atoms with Crippen LogP contribution in [0, 0.1) is 10.1 Å². The summed E-state index contributed by atoms with van der Waals surface area (Å²) in [5.74, 6) is -0.726. The Balaban J connectivity index is 2.75. The van der Waals surface area contributed by atoms with Gasteiger partial charge in [0.2, 0.25) is 11.8 Å². The van der Waals surface area contributed by atoms with Gasteiger partial charge in [0.25, 0.3) is 5.69 Å². The number of nitro groups is 1. The Kier molecular flexibility index (Phi) is 5.79. The smallest absolute Gasteiger partial charge is 0.269 e. The van der Waals surface area contributed by atoms with Crippen LogP contribution in [0.3, 0.4) is 0 Å². The number of hydrogen-bond acceptors (Lipinski definition) is 5. The van der Waals surface area contributed by atoms with E-state index in [-0.39, 0.29) is 30.7 Å². The summed E-state index contributed by atoms with van der Waals surface area (Å²) in [5.41, 5.74) is 5.74. The minimum atomic E-state index is -0.487. The van der Waals surface area contributed by atoms with Gasteiger partial charge in [-0.05, 0) is 12.5 Å². The number of amides is 2. The van der Waals surface area contributed by atoms with Crippen molar-refractivity contribution in [3.63, 3.8) is 0 Å². The summed E-state index contributed by atoms with van der Waals surface area (Å²) in [7, 11) is 1.57. The number of non-ortho nitro benzene ring substituents is 1. The summed E-state index contributed by atoms with van der Waals surface area (Å²) in [5, 5.41) is 13.1. The zero-order valence-corrected chi connectivity index (χ0v) is 11.9. The van der Waals surface area contributed by atoms with Gasteiger partial charge in [0.1, 0.15) is 0 Å². The number of nitro benzene ring substituents is 1. The van der Waals surface area contributed by atoms with Gasteiger partial charge >= 0.3 is 0 Å². The van der Waals surface area contributed by atoms with Gasteiger partial charge in [-0.2, -0.15) is 0 Å². The highest BCUT2D eigenvalue weighted by molar-refractivity contribution is 5.85. The number of nitrogens with one attached hydrogen (secondary N) is 1. The van der Waals surface area contributed by atoms with E-state index in [1.807, 2.05) is 0 Å². The molecule has 21 heavy (non-hydrogen) atoms. The molecule has 3 N–H and O–H groups in total. The third kappa shape index (κ3) is 4.53. The molecule has 1 rings (SSSR count). The largest absolute Gasteiger partial charge is 0.346 e. The highest BCUT2D eigenvalue weighted by atomic mass is 16.6. The highest BCUT2D eigenvalue weighted by Crippen LogP contribution is 2.22. The van der Waals surface area contributed by atoms with Crippen molar-refractivity contribution in [2.24, 2.45) is 5.73 Å². The van der Waals surface area contributed by atoms with Gasteiger partial charge < -0.3 is 16.0 Å². The van der Waals surface area contributed by atoms with E-state index in [4.69, 9.17) is 5.73 Å². The molecule has 0 bridgehead atoms. The van der Waals surface area contributed by atoms with Gasteiger partial charge in [-0.3, -0.25) is 19.7 Å². The van der Waals surface area contributed by atoms with Gasteiger partial charge in [0.05, 0.1) is 24.1 Å². The molecule has 2 amide bonds. The molecule has 0 fully saturated rings. The Hall–Kier alpha value is -2.48. The number of carbonyl (C=O) groups is 2. The zero-order valence-electron chi connectivity index (χ0n) is 11.9. The predicted octanol–water partition coefficient (Wildman–Crippen LogP) is 0.189. The summed E-state index contributed by atoms with van der Waals surface area (Å²) in [4.78, 5) is 34.6. The first-order valence-electron chi connectivity index (χ1n) is 6.33. The van der Waals surface area contributed by atoms with Crippen LogP contribution in [0.5, 0.6) is 0 Å². The first-order valence-corrected chi connectivity index (χ1v) is 6.33. The van der Waals surface area contributed by atoms with E-state index in [0.29, 0.717) is 5.56 Å². The predicted molar refractivity (Wildman–Crippen MR) is 76.3 cm³/mol. The van der Waals surface area contributed by atoms with Crippen molar-refractivity contribution in [2.45, 2.75) is 13.0 Å². The minimum Gasteiger partial charge on any atom is -0.346 e. The molecule has 0 aromatic heterocycles. The summed E-state index contributed by atoms with van der Waals surface area (Å²) < 4.78 is 0. The van der Waals surface area contributed by atoms with Crippen LogP contribution in [-0.4, -0.2) is 41.8 Å². The SMILES string of the molecule is CC(c1cccc([N+](=O)[O-])c1)N(C)C(=O)CNC(=O)CN. The van der Waals surface area contributed by atoms with Crippen LogP contribution >= 0.6 is 0 Å². The third-order valence-electron chi connectivity index (χ3n) is 3.16. The molecule has 0 saturated carbocycles. The molecule has 0 heterocycles. The summed E-state index contributed by atoms with van der Waals surface area (Å²) >= 11 is 0. The Bertz CT molecular complexity index is 547. The third-order valence-corrected chi connectivity index (χ3v) is 3.16. The molecular formula is C13H18N4O4. The topological polar surface area (TPSA) is 119 Å². The number of hydrogen-bond donors (Lipinski definition) is 2. The fraction of sp³-hybridized carbons (Fsp3) is 0.385. The number of nitrogens with zero attached hydrogens (tertiary/aromatic N) is 2. The average Bonchev–Trinajstić information content (AvgIpc) is 2.50. The molecule has 114 valence electrons. The number of nitrogens with two attached hydrogens (primary N) is 1. The van der Waals surface area contributed by atoms with Crippen molar-refractivity contribution >= 4 is 17.5 Å². The van der Waals surface area contributed by atoms with E-state index >= 15 is 0 Å². The number of carbonyl (C=O) groups excluding carboxylic acids is 2. The number of benzene rings is 1. The van der Waals surface area contributed by atoms with E-state index in [1.54, 1.807) is 26.1 Å². The van der Waals surface area contributed by atoms with E-state index in [1.165, 1.54) is 17.0 Å². The molecule has 1 unspecified atom stereocenters. The number of likely N-dealkylation sites (N-methyl/N-ethyl adjacent to an activating group) is 1. The average molecular weight is 294 g/mol. The Morgan fingerprint density at radius 3 is 2.71 bits per heavy atom. The Labute approximate surface area is 122 Å². The molecule has 8 heteroatoms. The van der Waals surface area contributed by atoms with Gasteiger partial charge in [-0.25, -0.2) is 0 Å². The lowest BCUT2D eigenvalue weighted by atomic mass is 10.1. The highest BCUT2D eigenvalue weighted by Gasteiger charge is 2.19. The molecule has 0 aliphatic rings. The van der Waals surface area contributed by atoms with Crippen LogP contribution < -0.4 is 11.1 Å². The maximum atomic E-state index is 11.9. The van der Waals surface area contributed by atoms with Crippen molar-refractivity contribution in [3.05, 3.63) is 39.9 Å². The molecule has 1 aromatic carbocycles. The maximum Gasteiger partial charge on any atom is 0.269 e. The molecular weight excluding hydrogens is 276 g/mol.